The minimum atomic E-state index is -0.571. The topological polar surface area (TPSA) is 78.0 Å². The molecule has 0 aliphatic carbocycles. The van der Waals surface area contributed by atoms with Crippen LogP contribution in [0, 0.1) is 11.6 Å². The molecule has 0 saturated heterocycles. The van der Waals surface area contributed by atoms with Crippen molar-refractivity contribution in [3.8, 4) is 0 Å². The molecule has 0 aliphatic heterocycles. The Morgan fingerprint density at radius 3 is 1.68 bits per heavy atom. The number of amides is 2. The van der Waals surface area contributed by atoms with Gasteiger partial charge >= 0.3 is 0 Å². The van der Waals surface area contributed by atoms with E-state index in [9.17, 15) is 18.4 Å². The molecule has 0 atom stereocenters. The van der Waals surface area contributed by atoms with E-state index in [1.807, 2.05) is 0 Å². The summed E-state index contributed by atoms with van der Waals surface area (Å²) in [6.45, 7) is -0.790. The Kier molecular flexibility index (Phi) is 5.90. The molecular formula is C20H16F2N4O3S2. The van der Waals surface area contributed by atoms with Gasteiger partial charge in [0.2, 0.25) is 0 Å². The first-order valence-electron chi connectivity index (χ1n) is 9.05. The third kappa shape index (κ3) is 4.53. The smallest absolute Gasteiger partial charge is 0.274 e. The number of carbonyl (C=O) groups excluding carboxylic acids is 2. The van der Waals surface area contributed by atoms with E-state index in [0.29, 0.717) is 19.0 Å². The fourth-order valence-corrected chi connectivity index (χ4v) is 5.05. The first-order chi connectivity index (χ1) is 14.8. The van der Waals surface area contributed by atoms with Crippen LogP contribution in [-0.4, -0.2) is 34.2 Å². The first-order valence-corrected chi connectivity index (χ1v) is 10.7. The maximum absolute atomic E-state index is 13.4. The van der Waals surface area contributed by atoms with Crippen molar-refractivity contribution in [3.63, 3.8) is 0 Å². The number of benzene rings is 2. The predicted octanol–water partition coefficient (Wildman–Crippen LogP) is 2.64. The summed E-state index contributed by atoms with van der Waals surface area (Å²) in [4.78, 5) is 32.9. The molecule has 11 heteroatoms. The number of aryl methyl sites for hydroxylation is 2. The van der Waals surface area contributed by atoms with E-state index in [1.54, 1.807) is 35.4 Å². The Morgan fingerprint density at radius 1 is 0.839 bits per heavy atom. The van der Waals surface area contributed by atoms with Gasteiger partial charge in [-0.05, 0) is 36.4 Å². The molecule has 0 unspecified atom stereocenters. The van der Waals surface area contributed by atoms with Crippen molar-refractivity contribution < 1.29 is 23.1 Å². The van der Waals surface area contributed by atoms with Crippen molar-refractivity contribution in [2.24, 2.45) is 24.1 Å². The number of thiazole rings is 2. The second-order valence-corrected chi connectivity index (χ2v) is 8.63. The zero-order chi connectivity index (χ0) is 22.1. The van der Waals surface area contributed by atoms with Gasteiger partial charge in [0.15, 0.2) is 9.60 Å². The highest BCUT2D eigenvalue weighted by Gasteiger charge is 2.09. The summed E-state index contributed by atoms with van der Waals surface area (Å²) in [6.07, 6.45) is 0. The van der Waals surface area contributed by atoms with Crippen LogP contribution in [-0.2, 0) is 28.4 Å². The van der Waals surface area contributed by atoms with Gasteiger partial charge in [0.05, 0.1) is 20.4 Å². The van der Waals surface area contributed by atoms with E-state index < -0.39 is 25.0 Å². The van der Waals surface area contributed by atoms with Crippen LogP contribution in [0.3, 0.4) is 0 Å². The van der Waals surface area contributed by atoms with Crippen molar-refractivity contribution in [2.45, 2.75) is 0 Å². The summed E-state index contributed by atoms with van der Waals surface area (Å²) in [5, 5.41) is 0. The Balaban J connectivity index is 1.42. The zero-order valence-corrected chi connectivity index (χ0v) is 18.1. The number of halogens is 2. The maximum Gasteiger partial charge on any atom is 0.274 e. The molecular weight excluding hydrogens is 446 g/mol. The van der Waals surface area contributed by atoms with Gasteiger partial charge in [-0.2, -0.15) is 9.98 Å². The van der Waals surface area contributed by atoms with Crippen LogP contribution in [0.5, 0.6) is 0 Å². The molecule has 0 spiro atoms. The molecule has 2 aromatic heterocycles. The van der Waals surface area contributed by atoms with Crippen LogP contribution in [0.15, 0.2) is 46.4 Å². The summed E-state index contributed by atoms with van der Waals surface area (Å²) >= 11 is 2.36. The van der Waals surface area contributed by atoms with Crippen molar-refractivity contribution >= 4 is 54.9 Å². The third-order valence-electron chi connectivity index (χ3n) is 4.43. The maximum atomic E-state index is 13.4. The molecule has 2 heterocycles. The van der Waals surface area contributed by atoms with E-state index in [-0.39, 0.29) is 11.6 Å². The molecule has 0 aliphatic rings. The summed E-state index contributed by atoms with van der Waals surface area (Å²) in [7, 11) is 3.45. The molecule has 0 bridgehead atoms. The lowest BCUT2D eigenvalue weighted by molar-refractivity contribution is -0.127. The van der Waals surface area contributed by atoms with Gasteiger partial charge in [0, 0.05) is 14.1 Å². The summed E-state index contributed by atoms with van der Waals surface area (Å²) in [5.74, 6) is -1.87. The summed E-state index contributed by atoms with van der Waals surface area (Å²) in [5.41, 5.74) is 1.51. The number of carbonyl (C=O) groups is 2. The standard InChI is InChI=1S/C20H16F2N4O3S2/c1-25-13-5-3-11(21)7-15(13)30-19(25)23-17(27)9-29-10-18(28)24-20-26(2)14-6-4-12(22)8-16(14)31-20/h3-8H,9-10H2,1-2H3. The second kappa shape index (κ2) is 8.61. The molecule has 2 aromatic carbocycles. The number of aromatic nitrogens is 2. The van der Waals surface area contributed by atoms with Gasteiger partial charge in [0.25, 0.3) is 11.8 Å². The number of fused-ring (bicyclic) bond motifs is 2. The number of nitrogens with zero attached hydrogens (tertiary/aromatic N) is 4. The molecule has 0 fully saturated rings. The summed E-state index contributed by atoms with van der Waals surface area (Å²) < 4.78 is 36.6. The highest BCUT2D eigenvalue weighted by molar-refractivity contribution is 7.16. The minimum absolute atomic E-state index is 0.366. The van der Waals surface area contributed by atoms with Gasteiger partial charge in [-0.3, -0.25) is 9.59 Å². The summed E-state index contributed by atoms with van der Waals surface area (Å²) in [6, 6.07) is 8.66. The molecule has 7 nitrogen and oxygen atoms in total. The van der Waals surface area contributed by atoms with Crippen LogP contribution in [0.4, 0.5) is 8.78 Å². The average Bonchev–Trinajstić information content (AvgIpc) is 3.17. The lowest BCUT2D eigenvalue weighted by atomic mass is 10.3. The van der Waals surface area contributed by atoms with E-state index in [2.05, 4.69) is 9.98 Å². The van der Waals surface area contributed by atoms with Crippen LogP contribution in [0.1, 0.15) is 0 Å². The molecule has 4 rings (SSSR count). The van der Waals surface area contributed by atoms with Crippen LogP contribution in [0.25, 0.3) is 20.4 Å². The normalized spacial score (nSPS) is 12.9. The molecule has 31 heavy (non-hydrogen) atoms. The number of hydrogen-bond acceptors (Lipinski definition) is 5. The Morgan fingerprint density at radius 2 is 1.26 bits per heavy atom. The fraction of sp³-hybridized carbons (Fsp3) is 0.200. The molecule has 2 amide bonds. The highest BCUT2D eigenvalue weighted by atomic mass is 32.1. The Labute approximate surface area is 182 Å². The molecule has 0 radical (unpaired) electrons. The number of ether oxygens (including phenoxy) is 1. The largest absolute Gasteiger partial charge is 0.362 e. The van der Waals surface area contributed by atoms with Gasteiger partial charge < -0.3 is 13.9 Å². The van der Waals surface area contributed by atoms with Crippen molar-refractivity contribution in [2.75, 3.05) is 13.2 Å². The monoisotopic (exact) mass is 462 g/mol. The SMILES string of the molecule is Cn1c(=NC(=O)COCC(=O)N=c2sc3cc(F)ccc3n2C)sc2cc(F)ccc21. The first kappa shape index (κ1) is 21.2. The fourth-order valence-electron chi connectivity index (χ4n) is 2.93. The highest BCUT2D eigenvalue weighted by Crippen LogP contribution is 2.18. The molecule has 160 valence electrons. The van der Waals surface area contributed by atoms with E-state index in [4.69, 9.17) is 4.74 Å². The Hall–Kier alpha value is -3.02. The van der Waals surface area contributed by atoms with Crippen LogP contribution in [0.2, 0.25) is 0 Å². The zero-order valence-electron chi connectivity index (χ0n) is 16.5. The van der Waals surface area contributed by atoms with Gasteiger partial charge in [-0.25, -0.2) is 8.78 Å². The molecule has 0 N–H and O–H groups in total. The van der Waals surface area contributed by atoms with Crippen molar-refractivity contribution in [3.05, 3.63) is 57.6 Å². The van der Waals surface area contributed by atoms with E-state index in [1.165, 1.54) is 46.9 Å². The Bertz CT molecular complexity index is 1350. The van der Waals surface area contributed by atoms with Crippen molar-refractivity contribution in [1.29, 1.82) is 0 Å². The van der Waals surface area contributed by atoms with E-state index in [0.717, 1.165) is 11.0 Å². The lowest BCUT2D eigenvalue weighted by Crippen LogP contribution is -2.19. The van der Waals surface area contributed by atoms with Gasteiger partial charge in [-0.15, -0.1) is 0 Å². The quantitative estimate of drug-likeness (QED) is 0.468. The molecule has 4 aromatic rings. The number of hydrogen-bond donors (Lipinski definition) is 0. The molecule has 0 saturated carbocycles. The predicted molar refractivity (Wildman–Crippen MR) is 113 cm³/mol. The van der Waals surface area contributed by atoms with Crippen LogP contribution < -0.4 is 9.60 Å². The average molecular weight is 463 g/mol. The minimum Gasteiger partial charge on any atom is -0.362 e. The lowest BCUT2D eigenvalue weighted by Gasteiger charge is -1.98. The number of rotatable bonds is 4. The third-order valence-corrected chi connectivity index (χ3v) is 6.62. The van der Waals surface area contributed by atoms with Crippen molar-refractivity contribution in [1.82, 2.24) is 9.13 Å². The van der Waals surface area contributed by atoms with Gasteiger partial charge in [-0.1, -0.05) is 22.7 Å². The second-order valence-electron chi connectivity index (χ2n) is 6.62. The van der Waals surface area contributed by atoms with E-state index >= 15 is 0 Å². The van der Waals surface area contributed by atoms with Gasteiger partial charge in [0.1, 0.15) is 24.8 Å². The van der Waals surface area contributed by atoms with Crippen LogP contribution >= 0.6 is 22.7 Å².